The highest BCUT2D eigenvalue weighted by Crippen LogP contribution is 2.36. The van der Waals surface area contributed by atoms with E-state index in [-0.39, 0.29) is 12.2 Å². The van der Waals surface area contributed by atoms with Crippen molar-refractivity contribution in [3.63, 3.8) is 0 Å². The summed E-state index contributed by atoms with van der Waals surface area (Å²) in [5, 5.41) is 12.9. The van der Waals surface area contributed by atoms with Crippen molar-refractivity contribution in [3.8, 4) is 17.6 Å². The normalized spacial score (nSPS) is 10.8. The average molecular weight is 617 g/mol. The molecule has 36 heavy (non-hydrogen) atoms. The van der Waals surface area contributed by atoms with Crippen LogP contribution in [0.2, 0.25) is 5.02 Å². The molecule has 1 N–H and O–H groups in total. The summed E-state index contributed by atoms with van der Waals surface area (Å²) in [4.78, 5) is 24.3. The summed E-state index contributed by atoms with van der Waals surface area (Å²) in [6.07, 6.45) is 1.47. The molecule has 0 atom stereocenters. The monoisotopic (exact) mass is 616 g/mol. The number of nitriles is 1. The van der Waals surface area contributed by atoms with Crippen molar-refractivity contribution in [2.24, 2.45) is 0 Å². The highest BCUT2D eigenvalue weighted by Gasteiger charge is 2.15. The summed E-state index contributed by atoms with van der Waals surface area (Å²) in [5.41, 5.74) is 2.11. The number of benzene rings is 3. The minimum absolute atomic E-state index is 0.102. The van der Waals surface area contributed by atoms with Crippen LogP contribution in [0.15, 0.2) is 66.2 Å². The maximum absolute atomic E-state index is 12.7. The molecule has 0 bridgehead atoms. The number of esters is 1. The van der Waals surface area contributed by atoms with Gasteiger partial charge in [0.15, 0.2) is 11.5 Å². The van der Waals surface area contributed by atoms with Crippen molar-refractivity contribution in [2.45, 2.75) is 13.5 Å². The summed E-state index contributed by atoms with van der Waals surface area (Å²) in [7, 11) is 1.29. The fourth-order valence-electron chi connectivity index (χ4n) is 3.16. The van der Waals surface area contributed by atoms with E-state index in [0.717, 1.165) is 9.13 Å². The van der Waals surface area contributed by atoms with Crippen LogP contribution in [0.4, 0.5) is 5.69 Å². The van der Waals surface area contributed by atoms with Crippen LogP contribution >= 0.6 is 34.2 Å². The molecule has 0 unspecified atom stereocenters. The zero-order valence-electron chi connectivity index (χ0n) is 19.5. The average Bonchev–Trinajstić information content (AvgIpc) is 2.87. The molecule has 3 aromatic carbocycles. The molecular formula is C27H22ClIN2O5. The number of carbonyl (C=O) groups excluding carboxylic acids is 2. The second-order valence-electron chi connectivity index (χ2n) is 7.34. The van der Waals surface area contributed by atoms with E-state index in [1.165, 1.54) is 25.3 Å². The Morgan fingerprint density at radius 2 is 1.83 bits per heavy atom. The summed E-state index contributed by atoms with van der Waals surface area (Å²) in [6, 6.07) is 19.0. The van der Waals surface area contributed by atoms with E-state index >= 15 is 0 Å². The van der Waals surface area contributed by atoms with Crippen LogP contribution in [0.3, 0.4) is 0 Å². The molecule has 0 radical (unpaired) electrons. The van der Waals surface area contributed by atoms with Gasteiger partial charge in [-0.2, -0.15) is 5.26 Å². The highest BCUT2D eigenvalue weighted by atomic mass is 127. The summed E-state index contributed by atoms with van der Waals surface area (Å²) in [5.74, 6) is -0.0400. The Morgan fingerprint density at radius 1 is 1.11 bits per heavy atom. The molecule has 1 amide bonds. The number of halogens is 2. The van der Waals surface area contributed by atoms with Gasteiger partial charge in [0.2, 0.25) is 0 Å². The maximum Gasteiger partial charge on any atom is 0.337 e. The van der Waals surface area contributed by atoms with E-state index in [1.807, 2.05) is 31.2 Å². The molecule has 0 aromatic heterocycles. The summed E-state index contributed by atoms with van der Waals surface area (Å²) in [6.45, 7) is 2.51. The SMILES string of the molecule is CCOc1cc(/C=C(\C#N)C(=O)Nc2ccc(C(=O)OC)cc2)cc(I)c1OCc1ccccc1Cl. The first-order valence-electron chi connectivity index (χ1n) is 10.8. The standard InChI is InChI=1S/C27H22ClIN2O5/c1-3-35-24-14-17(13-23(29)25(24)36-16-19-6-4-5-7-22(19)28)12-20(15-30)26(32)31-21-10-8-18(9-11-21)27(33)34-2/h4-14H,3,16H2,1-2H3,(H,31,32)/b20-12+. The second kappa shape index (κ2) is 13.0. The van der Waals surface area contributed by atoms with Crippen molar-refractivity contribution in [3.05, 3.63) is 91.5 Å². The van der Waals surface area contributed by atoms with Crippen molar-refractivity contribution in [2.75, 3.05) is 19.0 Å². The maximum atomic E-state index is 12.7. The predicted molar refractivity (Wildman–Crippen MR) is 146 cm³/mol. The molecule has 0 fully saturated rings. The quantitative estimate of drug-likeness (QED) is 0.132. The van der Waals surface area contributed by atoms with Crippen molar-refractivity contribution in [1.29, 1.82) is 5.26 Å². The van der Waals surface area contributed by atoms with Crippen LogP contribution in [0.25, 0.3) is 6.08 Å². The topological polar surface area (TPSA) is 97.7 Å². The fraction of sp³-hybridized carbons (Fsp3) is 0.148. The zero-order valence-corrected chi connectivity index (χ0v) is 22.4. The van der Waals surface area contributed by atoms with E-state index in [4.69, 9.17) is 21.1 Å². The van der Waals surface area contributed by atoms with E-state index in [9.17, 15) is 14.9 Å². The van der Waals surface area contributed by atoms with Crippen LogP contribution in [0.5, 0.6) is 11.5 Å². The number of hydrogen-bond donors (Lipinski definition) is 1. The molecule has 0 saturated carbocycles. The Hall–Kier alpha value is -3.55. The van der Waals surface area contributed by atoms with Crippen LogP contribution in [0.1, 0.15) is 28.4 Å². The molecule has 0 saturated heterocycles. The van der Waals surface area contributed by atoms with E-state index < -0.39 is 11.9 Å². The lowest BCUT2D eigenvalue weighted by Crippen LogP contribution is -2.13. The van der Waals surface area contributed by atoms with Gasteiger partial charge in [0.25, 0.3) is 5.91 Å². The number of hydrogen-bond acceptors (Lipinski definition) is 6. The van der Waals surface area contributed by atoms with Crippen LogP contribution < -0.4 is 14.8 Å². The Kier molecular flexibility index (Phi) is 9.73. The predicted octanol–water partition coefficient (Wildman–Crippen LogP) is 6.25. The van der Waals surface area contributed by atoms with Crippen molar-refractivity contribution in [1.82, 2.24) is 0 Å². The molecule has 184 valence electrons. The number of rotatable bonds is 9. The van der Waals surface area contributed by atoms with Gasteiger partial charge in [0, 0.05) is 16.3 Å². The lowest BCUT2D eigenvalue weighted by Gasteiger charge is -2.15. The van der Waals surface area contributed by atoms with Crippen LogP contribution in [-0.4, -0.2) is 25.6 Å². The third-order valence-corrected chi connectivity index (χ3v) is 6.07. The van der Waals surface area contributed by atoms with E-state index in [0.29, 0.717) is 39.9 Å². The van der Waals surface area contributed by atoms with Gasteiger partial charge in [-0.1, -0.05) is 29.8 Å². The van der Waals surface area contributed by atoms with Crippen LogP contribution in [0, 0.1) is 14.9 Å². The zero-order chi connectivity index (χ0) is 26.1. The number of anilines is 1. The summed E-state index contributed by atoms with van der Waals surface area (Å²) >= 11 is 8.36. The molecule has 0 heterocycles. The van der Waals surface area contributed by atoms with Gasteiger partial charge in [-0.3, -0.25) is 4.79 Å². The molecule has 3 rings (SSSR count). The number of nitrogens with zero attached hydrogens (tertiary/aromatic N) is 1. The largest absolute Gasteiger partial charge is 0.490 e. The Labute approximate surface area is 227 Å². The van der Waals surface area contributed by atoms with Gasteiger partial charge >= 0.3 is 5.97 Å². The Bertz CT molecular complexity index is 1330. The number of carbonyl (C=O) groups is 2. The van der Waals surface area contributed by atoms with Crippen molar-refractivity contribution < 1.29 is 23.8 Å². The number of nitrogens with one attached hydrogen (secondary N) is 1. The van der Waals surface area contributed by atoms with Gasteiger partial charge in [-0.25, -0.2) is 4.79 Å². The lowest BCUT2D eigenvalue weighted by atomic mass is 10.1. The Balaban J connectivity index is 1.82. The van der Waals surface area contributed by atoms with E-state index in [1.54, 1.807) is 30.3 Å². The van der Waals surface area contributed by atoms with Gasteiger partial charge in [0.05, 0.1) is 22.9 Å². The number of amides is 1. The third kappa shape index (κ3) is 6.99. The second-order valence-corrected chi connectivity index (χ2v) is 8.91. The van der Waals surface area contributed by atoms with Gasteiger partial charge < -0.3 is 19.5 Å². The highest BCUT2D eigenvalue weighted by molar-refractivity contribution is 14.1. The molecule has 0 spiro atoms. The van der Waals surface area contributed by atoms with Crippen molar-refractivity contribution >= 4 is 57.8 Å². The van der Waals surface area contributed by atoms with Gasteiger partial charge in [0.1, 0.15) is 18.2 Å². The lowest BCUT2D eigenvalue weighted by molar-refractivity contribution is -0.112. The molecule has 9 heteroatoms. The molecule has 0 aliphatic rings. The fourth-order valence-corrected chi connectivity index (χ4v) is 4.13. The minimum Gasteiger partial charge on any atom is -0.490 e. The first-order chi connectivity index (χ1) is 17.4. The molecule has 0 aliphatic heterocycles. The van der Waals surface area contributed by atoms with Gasteiger partial charge in [-0.15, -0.1) is 0 Å². The minimum atomic E-state index is -0.588. The third-order valence-electron chi connectivity index (χ3n) is 4.90. The van der Waals surface area contributed by atoms with E-state index in [2.05, 4.69) is 32.6 Å². The smallest absolute Gasteiger partial charge is 0.337 e. The van der Waals surface area contributed by atoms with Crippen LogP contribution in [-0.2, 0) is 16.1 Å². The molecular weight excluding hydrogens is 595 g/mol. The molecule has 7 nitrogen and oxygen atoms in total. The number of methoxy groups -OCH3 is 1. The first kappa shape index (κ1) is 27.0. The number of ether oxygens (including phenoxy) is 3. The molecule has 0 aliphatic carbocycles. The summed E-state index contributed by atoms with van der Waals surface area (Å²) < 4.78 is 17.2. The van der Waals surface area contributed by atoms with Gasteiger partial charge in [-0.05, 0) is 83.6 Å². The first-order valence-corrected chi connectivity index (χ1v) is 12.3. The molecule has 3 aromatic rings. The Morgan fingerprint density at radius 3 is 2.47 bits per heavy atom.